The summed E-state index contributed by atoms with van der Waals surface area (Å²) in [6, 6.07) is 6.46. The van der Waals surface area contributed by atoms with Crippen LogP contribution >= 0.6 is 0 Å². The van der Waals surface area contributed by atoms with E-state index in [4.69, 9.17) is 4.74 Å². The van der Waals surface area contributed by atoms with Gasteiger partial charge in [-0.05, 0) is 55.9 Å². The Balaban J connectivity index is 1.69. The highest BCUT2D eigenvalue weighted by atomic mass is 16.5. The molecule has 1 aromatic rings. The van der Waals surface area contributed by atoms with Crippen LogP contribution < -0.4 is 10.2 Å². The summed E-state index contributed by atoms with van der Waals surface area (Å²) in [5.74, 6) is 0.369. The molecule has 0 aromatic heterocycles. The minimum absolute atomic E-state index is 0.104. The van der Waals surface area contributed by atoms with E-state index in [2.05, 4.69) is 35.3 Å². The van der Waals surface area contributed by atoms with Crippen LogP contribution in [0.25, 0.3) is 0 Å². The predicted molar refractivity (Wildman–Crippen MR) is 87.7 cm³/mol. The fourth-order valence-electron chi connectivity index (χ4n) is 3.05. The first-order valence-corrected chi connectivity index (χ1v) is 8.20. The molecule has 1 N–H and O–H groups in total. The van der Waals surface area contributed by atoms with E-state index >= 15 is 0 Å². The predicted octanol–water partition coefficient (Wildman–Crippen LogP) is 2.91. The first kappa shape index (κ1) is 14.9. The normalized spacial score (nSPS) is 17.9. The van der Waals surface area contributed by atoms with E-state index in [1.807, 2.05) is 6.08 Å². The highest BCUT2D eigenvalue weighted by Gasteiger charge is 2.18. The Morgan fingerprint density at radius 3 is 2.82 bits per heavy atom. The Morgan fingerprint density at radius 2 is 2.09 bits per heavy atom. The van der Waals surface area contributed by atoms with Crippen LogP contribution in [0.4, 0.5) is 5.69 Å². The first-order chi connectivity index (χ1) is 10.7. The summed E-state index contributed by atoms with van der Waals surface area (Å²) in [5, 5.41) is 2.99. The number of amides is 1. The molecule has 1 aromatic carbocycles. The first-order valence-electron chi connectivity index (χ1n) is 8.20. The van der Waals surface area contributed by atoms with Crippen molar-refractivity contribution in [2.45, 2.75) is 39.2 Å². The summed E-state index contributed by atoms with van der Waals surface area (Å²) >= 11 is 0. The number of nitrogens with zero attached hydrogens (tertiary/aromatic N) is 1. The van der Waals surface area contributed by atoms with Gasteiger partial charge in [-0.15, -0.1) is 0 Å². The molecule has 1 saturated heterocycles. The number of carbonyl (C=O) groups excluding carboxylic acids is 1. The second-order valence-corrected chi connectivity index (χ2v) is 6.07. The fourth-order valence-corrected chi connectivity index (χ4v) is 3.05. The summed E-state index contributed by atoms with van der Waals surface area (Å²) in [7, 11) is 0. The van der Waals surface area contributed by atoms with Crippen LogP contribution in [0, 0.1) is 6.92 Å². The summed E-state index contributed by atoms with van der Waals surface area (Å²) in [4.78, 5) is 14.6. The number of rotatable bonds is 4. The molecule has 4 nitrogen and oxygen atoms in total. The van der Waals surface area contributed by atoms with E-state index in [0.29, 0.717) is 18.9 Å². The number of allylic oxidation sites excluding steroid dienone is 1. The van der Waals surface area contributed by atoms with Crippen LogP contribution in [0.1, 0.15) is 36.8 Å². The Bertz CT molecular complexity index is 574. The van der Waals surface area contributed by atoms with E-state index in [-0.39, 0.29) is 5.91 Å². The molecule has 0 atom stereocenters. The molecule has 0 bridgehead atoms. The van der Waals surface area contributed by atoms with Crippen LogP contribution in [0.5, 0.6) is 0 Å². The Morgan fingerprint density at radius 1 is 1.27 bits per heavy atom. The smallest absolute Gasteiger partial charge is 0.286 e. The molecule has 1 fully saturated rings. The second kappa shape index (κ2) is 6.86. The molecular weight excluding hydrogens is 276 g/mol. The maximum Gasteiger partial charge on any atom is 0.286 e. The average Bonchev–Trinajstić information content (AvgIpc) is 3.08. The van der Waals surface area contributed by atoms with Crippen molar-refractivity contribution in [3.05, 3.63) is 41.2 Å². The number of anilines is 1. The van der Waals surface area contributed by atoms with Crippen molar-refractivity contribution in [1.29, 1.82) is 0 Å². The van der Waals surface area contributed by atoms with Crippen LogP contribution in [-0.2, 0) is 16.1 Å². The minimum Gasteiger partial charge on any atom is -0.488 e. The number of aryl methyl sites for hydroxylation is 1. The van der Waals surface area contributed by atoms with Crippen LogP contribution in [0.2, 0.25) is 0 Å². The molecule has 3 rings (SSSR count). The van der Waals surface area contributed by atoms with Crippen molar-refractivity contribution >= 4 is 11.6 Å². The molecule has 4 heteroatoms. The molecule has 2 aliphatic heterocycles. The topological polar surface area (TPSA) is 41.6 Å². The number of carbonyl (C=O) groups is 1. The van der Waals surface area contributed by atoms with E-state index in [1.54, 1.807) is 0 Å². The van der Waals surface area contributed by atoms with Crippen molar-refractivity contribution in [1.82, 2.24) is 5.32 Å². The average molecular weight is 300 g/mol. The van der Waals surface area contributed by atoms with Gasteiger partial charge in [0.05, 0.1) is 6.61 Å². The molecular formula is C18H24N2O2. The van der Waals surface area contributed by atoms with Gasteiger partial charge in [-0.25, -0.2) is 0 Å². The van der Waals surface area contributed by atoms with Gasteiger partial charge in [0.25, 0.3) is 5.91 Å². The van der Waals surface area contributed by atoms with E-state index < -0.39 is 0 Å². The number of hydrogen-bond acceptors (Lipinski definition) is 3. The van der Waals surface area contributed by atoms with Crippen LogP contribution in [-0.4, -0.2) is 25.6 Å². The van der Waals surface area contributed by atoms with Crippen molar-refractivity contribution < 1.29 is 9.53 Å². The lowest BCUT2D eigenvalue weighted by Crippen LogP contribution is -2.28. The summed E-state index contributed by atoms with van der Waals surface area (Å²) in [5.41, 5.74) is 3.70. The largest absolute Gasteiger partial charge is 0.488 e. The molecule has 0 saturated carbocycles. The number of benzene rings is 1. The van der Waals surface area contributed by atoms with Gasteiger partial charge in [-0.1, -0.05) is 12.1 Å². The third-order valence-electron chi connectivity index (χ3n) is 4.29. The van der Waals surface area contributed by atoms with E-state index in [9.17, 15) is 4.79 Å². The van der Waals surface area contributed by atoms with Gasteiger partial charge in [0.1, 0.15) is 0 Å². The maximum absolute atomic E-state index is 12.2. The van der Waals surface area contributed by atoms with E-state index in [0.717, 1.165) is 25.9 Å². The van der Waals surface area contributed by atoms with Gasteiger partial charge in [0.15, 0.2) is 5.76 Å². The van der Waals surface area contributed by atoms with Crippen molar-refractivity contribution in [2.24, 2.45) is 0 Å². The zero-order valence-corrected chi connectivity index (χ0v) is 13.2. The lowest BCUT2D eigenvalue weighted by molar-refractivity contribution is -0.121. The number of nitrogens with one attached hydrogen (secondary N) is 1. The Labute approximate surface area is 132 Å². The standard InChI is InChI=1S/C18H24N2O2/c1-14-7-8-15(16(12-14)20-9-3-4-10-20)13-19-18(21)17-6-2-5-11-22-17/h6-8,12H,2-5,9-11,13H2,1H3,(H,19,21). The zero-order valence-electron chi connectivity index (χ0n) is 13.2. The molecule has 2 aliphatic rings. The fraction of sp³-hybridized carbons (Fsp3) is 0.500. The van der Waals surface area contributed by atoms with Gasteiger partial charge < -0.3 is 15.0 Å². The van der Waals surface area contributed by atoms with Gasteiger partial charge in [0, 0.05) is 25.3 Å². The zero-order chi connectivity index (χ0) is 15.4. The van der Waals surface area contributed by atoms with Gasteiger partial charge in [-0.2, -0.15) is 0 Å². The molecule has 0 aliphatic carbocycles. The highest BCUT2D eigenvalue weighted by Crippen LogP contribution is 2.26. The number of hydrogen-bond donors (Lipinski definition) is 1. The Kier molecular flexibility index (Phi) is 4.66. The third kappa shape index (κ3) is 3.43. The second-order valence-electron chi connectivity index (χ2n) is 6.07. The van der Waals surface area contributed by atoms with Crippen LogP contribution in [0.15, 0.2) is 30.0 Å². The third-order valence-corrected chi connectivity index (χ3v) is 4.29. The minimum atomic E-state index is -0.104. The van der Waals surface area contributed by atoms with Gasteiger partial charge in [-0.3, -0.25) is 4.79 Å². The Hall–Kier alpha value is -1.97. The molecule has 1 amide bonds. The summed E-state index contributed by atoms with van der Waals surface area (Å²) < 4.78 is 5.42. The summed E-state index contributed by atoms with van der Waals surface area (Å²) in [6.07, 6.45) is 6.30. The maximum atomic E-state index is 12.2. The van der Waals surface area contributed by atoms with Gasteiger partial charge in [0.2, 0.25) is 0 Å². The van der Waals surface area contributed by atoms with E-state index in [1.165, 1.54) is 29.7 Å². The SMILES string of the molecule is Cc1ccc(CNC(=O)C2=CCCCO2)c(N2CCCC2)c1. The molecule has 2 heterocycles. The highest BCUT2D eigenvalue weighted by molar-refractivity contribution is 5.91. The lowest BCUT2D eigenvalue weighted by atomic mass is 10.1. The molecule has 0 spiro atoms. The lowest BCUT2D eigenvalue weighted by Gasteiger charge is -2.22. The molecule has 0 radical (unpaired) electrons. The monoisotopic (exact) mass is 300 g/mol. The molecule has 22 heavy (non-hydrogen) atoms. The molecule has 0 unspecified atom stereocenters. The van der Waals surface area contributed by atoms with Crippen molar-refractivity contribution in [3.63, 3.8) is 0 Å². The molecule has 118 valence electrons. The van der Waals surface area contributed by atoms with Crippen LogP contribution in [0.3, 0.4) is 0 Å². The summed E-state index contributed by atoms with van der Waals surface area (Å²) in [6.45, 7) is 5.52. The number of ether oxygens (including phenoxy) is 1. The van der Waals surface area contributed by atoms with Crippen molar-refractivity contribution in [3.8, 4) is 0 Å². The quantitative estimate of drug-likeness (QED) is 0.929. The van der Waals surface area contributed by atoms with Crippen molar-refractivity contribution in [2.75, 3.05) is 24.6 Å². The van der Waals surface area contributed by atoms with Gasteiger partial charge >= 0.3 is 0 Å².